The second-order valence-corrected chi connectivity index (χ2v) is 2.67. The van der Waals surface area contributed by atoms with Gasteiger partial charge in [0.2, 0.25) is 0 Å². The lowest BCUT2D eigenvalue weighted by atomic mass is 10.9. The summed E-state index contributed by atoms with van der Waals surface area (Å²) in [5.74, 6) is 0.539. The summed E-state index contributed by atoms with van der Waals surface area (Å²) in [7, 11) is 0. The van der Waals surface area contributed by atoms with Gasteiger partial charge in [-0.1, -0.05) is 0 Å². The third-order valence-corrected chi connectivity index (χ3v) is 1.82. The van der Waals surface area contributed by atoms with E-state index in [4.69, 9.17) is 0 Å². The van der Waals surface area contributed by atoms with Crippen LogP contribution in [-0.4, -0.2) is 31.1 Å². The molecule has 2 aromatic rings. The number of thioether (sulfide) groups is 1. The number of fused-ring (bicyclic) bond motifs is 1. The Bertz CT molecular complexity index is 370. The molecule has 6 heteroatoms. The molecule has 5 nitrogen and oxygen atoms in total. The van der Waals surface area contributed by atoms with Gasteiger partial charge in [0.05, 0.1) is 6.20 Å². The van der Waals surface area contributed by atoms with Crippen molar-refractivity contribution >= 4 is 17.5 Å². The van der Waals surface area contributed by atoms with Crippen molar-refractivity contribution in [2.24, 2.45) is 0 Å². The normalized spacial score (nSPS) is 10.6. The zero-order valence-electron chi connectivity index (χ0n) is 5.80. The molecule has 0 aromatic carbocycles. The van der Waals surface area contributed by atoms with Crippen LogP contribution >= 0.6 is 11.8 Å². The van der Waals surface area contributed by atoms with Gasteiger partial charge in [0.15, 0.2) is 0 Å². The molecule has 0 aliphatic carbocycles. The van der Waals surface area contributed by atoms with Gasteiger partial charge >= 0.3 is 0 Å². The predicted molar refractivity (Wildman–Crippen MR) is 40.4 cm³/mol. The Kier molecular flexibility index (Phi) is 1.46. The van der Waals surface area contributed by atoms with Crippen LogP contribution < -0.4 is 0 Å². The van der Waals surface area contributed by atoms with Gasteiger partial charge < -0.3 is 0 Å². The van der Waals surface area contributed by atoms with Gasteiger partial charge in [-0.25, -0.2) is 4.98 Å². The molecule has 0 bridgehead atoms. The summed E-state index contributed by atoms with van der Waals surface area (Å²) in [5, 5.41) is 8.64. The van der Waals surface area contributed by atoms with Crippen molar-refractivity contribution < 1.29 is 0 Å². The Morgan fingerprint density at radius 2 is 2.36 bits per heavy atom. The Morgan fingerprint density at radius 3 is 3.18 bits per heavy atom. The highest BCUT2D eigenvalue weighted by Crippen LogP contribution is 2.08. The van der Waals surface area contributed by atoms with Crippen LogP contribution in [0.15, 0.2) is 17.6 Å². The summed E-state index contributed by atoms with van der Waals surface area (Å²) in [6.07, 6.45) is 5.03. The topological polar surface area (TPSA) is 56.0 Å². The second-order valence-electron chi connectivity index (χ2n) is 1.85. The van der Waals surface area contributed by atoms with Crippen molar-refractivity contribution in [2.75, 3.05) is 6.26 Å². The van der Waals surface area contributed by atoms with Gasteiger partial charge in [-0.15, -0.1) is 21.5 Å². The summed E-state index contributed by atoms with van der Waals surface area (Å²) in [5.41, 5.74) is 0. The van der Waals surface area contributed by atoms with Crippen molar-refractivity contribution in [3.8, 4) is 0 Å². The monoisotopic (exact) mass is 167 g/mol. The largest absolute Gasteiger partial charge is 0.271 e. The molecule has 0 unspecified atom stereocenters. The van der Waals surface area contributed by atoms with Gasteiger partial charge in [0.25, 0.3) is 5.78 Å². The van der Waals surface area contributed by atoms with E-state index in [0.29, 0.717) is 5.78 Å². The Hall–Kier alpha value is -1.17. The van der Waals surface area contributed by atoms with Crippen LogP contribution in [0.25, 0.3) is 5.78 Å². The fourth-order valence-corrected chi connectivity index (χ4v) is 1.04. The maximum absolute atomic E-state index is 4.14. The van der Waals surface area contributed by atoms with Crippen molar-refractivity contribution in [1.29, 1.82) is 0 Å². The Balaban J connectivity index is 2.67. The molecule has 0 fully saturated rings. The number of aromatic nitrogens is 5. The van der Waals surface area contributed by atoms with E-state index in [1.54, 1.807) is 6.20 Å². The highest BCUT2D eigenvalue weighted by atomic mass is 32.2. The highest BCUT2D eigenvalue weighted by molar-refractivity contribution is 7.98. The van der Waals surface area contributed by atoms with Crippen LogP contribution in [0, 0.1) is 0 Å². The molecule has 0 aliphatic heterocycles. The molecule has 56 valence electrons. The summed E-state index contributed by atoms with van der Waals surface area (Å²) >= 11 is 1.53. The first-order valence-corrected chi connectivity index (χ1v) is 4.19. The third kappa shape index (κ3) is 1.05. The maximum Gasteiger partial charge on any atom is 0.271 e. The van der Waals surface area contributed by atoms with E-state index < -0.39 is 0 Å². The van der Waals surface area contributed by atoms with Crippen LogP contribution in [0.2, 0.25) is 0 Å². The molecule has 2 rings (SSSR count). The minimum Gasteiger partial charge on any atom is -0.202 e. The van der Waals surface area contributed by atoms with Gasteiger partial charge in [0, 0.05) is 0 Å². The van der Waals surface area contributed by atoms with Crippen LogP contribution in [0.1, 0.15) is 0 Å². The van der Waals surface area contributed by atoms with Crippen molar-refractivity contribution in [3.63, 3.8) is 0 Å². The Labute approximate surface area is 66.9 Å². The van der Waals surface area contributed by atoms with E-state index in [9.17, 15) is 0 Å². The van der Waals surface area contributed by atoms with Crippen LogP contribution in [0.3, 0.4) is 0 Å². The molecule has 0 radical (unpaired) electrons. The lowest BCUT2D eigenvalue weighted by Gasteiger charge is -1.92. The van der Waals surface area contributed by atoms with E-state index in [0.717, 1.165) is 5.03 Å². The number of rotatable bonds is 1. The van der Waals surface area contributed by atoms with Crippen LogP contribution in [-0.2, 0) is 0 Å². The second kappa shape index (κ2) is 2.46. The zero-order chi connectivity index (χ0) is 7.68. The first-order valence-electron chi connectivity index (χ1n) is 2.97. The van der Waals surface area contributed by atoms with E-state index in [2.05, 4.69) is 20.2 Å². The minimum absolute atomic E-state index is 0.539. The summed E-state index contributed by atoms with van der Waals surface area (Å²) in [6.45, 7) is 0. The van der Waals surface area contributed by atoms with Crippen molar-refractivity contribution in [3.05, 3.63) is 12.5 Å². The van der Waals surface area contributed by atoms with Gasteiger partial charge in [0.1, 0.15) is 11.4 Å². The first-order chi connectivity index (χ1) is 5.40. The molecule has 0 saturated heterocycles. The number of nitrogens with zero attached hydrogens (tertiary/aromatic N) is 5. The molecular weight excluding hydrogens is 162 g/mol. The molecular formula is C5H5N5S. The molecule has 2 heterocycles. The molecule has 0 aliphatic rings. The summed E-state index contributed by atoms with van der Waals surface area (Å²) in [4.78, 5) is 8.04. The highest BCUT2D eigenvalue weighted by Gasteiger charge is 1.97. The average molecular weight is 167 g/mol. The van der Waals surface area contributed by atoms with E-state index >= 15 is 0 Å². The maximum atomic E-state index is 4.14. The third-order valence-electron chi connectivity index (χ3n) is 1.21. The molecule has 0 atom stereocenters. The standard InChI is InChI=1S/C5H5N5S/c1-11-4-2-7-10-5(9-4)6-3-8-10/h2-3H,1H3. The van der Waals surface area contributed by atoms with E-state index in [1.807, 2.05) is 6.26 Å². The van der Waals surface area contributed by atoms with Crippen molar-refractivity contribution in [2.45, 2.75) is 5.03 Å². The van der Waals surface area contributed by atoms with Crippen LogP contribution in [0.5, 0.6) is 0 Å². The van der Waals surface area contributed by atoms with E-state index in [-0.39, 0.29) is 0 Å². The summed E-state index contributed by atoms with van der Waals surface area (Å²) < 4.78 is 1.39. The fraction of sp³-hybridized carbons (Fsp3) is 0.200. The lowest BCUT2D eigenvalue weighted by molar-refractivity contribution is 0.761. The molecule has 0 amide bonds. The van der Waals surface area contributed by atoms with Crippen molar-refractivity contribution in [1.82, 2.24) is 24.8 Å². The van der Waals surface area contributed by atoms with Gasteiger partial charge in [-0.05, 0) is 6.26 Å². The van der Waals surface area contributed by atoms with E-state index in [1.165, 1.54) is 22.7 Å². The SMILES string of the molecule is CSc1cnn2ncnc2n1. The smallest absolute Gasteiger partial charge is 0.202 e. The molecule has 11 heavy (non-hydrogen) atoms. The molecule has 0 spiro atoms. The van der Waals surface area contributed by atoms with Gasteiger partial charge in [-0.3, -0.25) is 0 Å². The molecule has 2 aromatic heterocycles. The van der Waals surface area contributed by atoms with Gasteiger partial charge in [-0.2, -0.15) is 10.1 Å². The fourth-order valence-electron chi connectivity index (χ4n) is 0.715. The number of hydrogen-bond donors (Lipinski definition) is 0. The first kappa shape index (κ1) is 6.53. The zero-order valence-corrected chi connectivity index (χ0v) is 6.62. The quantitative estimate of drug-likeness (QED) is 0.569. The van der Waals surface area contributed by atoms with Crippen LogP contribution in [0.4, 0.5) is 0 Å². The average Bonchev–Trinajstić information content (AvgIpc) is 2.50. The number of hydrogen-bond acceptors (Lipinski definition) is 5. The molecule has 0 N–H and O–H groups in total. The minimum atomic E-state index is 0.539. The Morgan fingerprint density at radius 1 is 1.45 bits per heavy atom. The molecule has 0 saturated carbocycles. The lowest BCUT2D eigenvalue weighted by Crippen LogP contribution is -1.96. The summed E-state index contributed by atoms with van der Waals surface area (Å²) in [6, 6.07) is 0. The predicted octanol–water partition coefficient (Wildman–Crippen LogP) is 0.241.